The van der Waals surface area contributed by atoms with Crippen LogP contribution in [0.2, 0.25) is 0 Å². The van der Waals surface area contributed by atoms with Gasteiger partial charge in [-0.3, -0.25) is 0 Å². The monoisotopic (exact) mass is 333 g/mol. The number of alkyl carbamates (subject to hydrolysis) is 1. The van der Waals surface area contributed by atoms with Crippen LogP contribution in [-0.4, -0.2) is 23.2 Å². The lowest BCUT2D eigenvalue weighted by atomic mass is 9.96. The van der Waals surface area contributed by atoms with Crippen molar-refractivity contribution in [3.05, 3.63) is 35.9 Å². The predicted octanol–water partition coefficient (Wildman–Crippen LogP) is 3.81. The summed E-state index contributed by atoms with van der Waals surface area (Å²) < 4.78 is 10.8. The van der Waals surface area contributed by atoms with Crippen molar-refractivity contribution in [1.82, 2.24) is 5.32 Å². The van der Waals surface area contributed by atoms with E-state index in [0.29, 0.717) is 18.8 Å². The number of carbonyl (C=O) groups excluding carboxylic acids is 2. The molecular formula is C19H27NO4. The van der Waals surface area contributed by atoms with Gasteiger partial charge in [0.1, 0.15) is 17.7 Å². The van der Waals surface area contributed by atoms with E-state index in [-0.39, 0.29) is 12.6 Å². The van der Waals surface area contributed by atoms with Crippen LogP contribution in [0.5, 0.6) is 0 Å². The summed E-state index contributed by atoms with van der Waals surface area (Å²) in [4.78, 5) is 24.9. The van der Waals surface area contributed by atoms with Crippen molar-refractivity contribution >= 4 is 12.1 Å². The molecular weight excluding hydrogens is 306 g/mol. The average molecular weight is 333 g/mol. The molecule has 1 saturated carbocycles. The van der Waals surface area contributed by atoms with Crippen LogP contribution in [0, 0.1) is 5.92 Å². The van der Waals surface area contributed by atoms with Gasteiger partial charge in [0.05, 0.1) is 0 Å². The average Bonchev–Trinajstić information content (AvgIpc) is 2.86. The van der Waals surface area contributed by atoms with E-state index in [9.17, 15) is 9.59 Å². The van der Waals surface area contributed by atoms with Gasteiger partial charge in [0.2, 0.25) is 0 Å². The fraction of sp³-hybridized carbons (Fsp3) is 0.579. The molecule has 1 fully saturated rings. The largest absolute Gasteiger partial charge is 0.459 e. The number of rotatable bonds is 4. The third kappa shape index (κ3) is 4.98. The van der Waals surface area contributed by atoms with Gasteiger partial charge in [0, 0.05) is 0 Å². The highest BCUT2D eigenvalue weighted by Crippen LogP contribution is 2.35. The van der Waals surface area contributed by atoms with Gasteiger partial charge in [0.15, 0.2) is 0 Å². The van der Waals surface area contributed by atoms with Crippen molar-refractivity contribution in [3.8, 4) is 0 Å². The highest BCUT2D eigenvalue weighted by molar-refractivity contribution is 5.86. The molecule has 1 aromatic carbocycles. The minimum Gasteiger partial charge on any atom is -0.459 e. The summed E-state index contributed by atoms with van der Waals surface area (Å²) in [6.45, 7) is 7.66. The summed E-state index contributed by atoms with van der Waals surface area (Å²) in [6.07, 6.45) is 1.44. The van der Waals surface area contributed by atoms with E-state index in [1.54, 1.807) is 20.8 Å². The van der Waals surface area contributed by atoms with E-state index in [4.69, 9.17) is 9.47 Å². The second-order valence-corrected chi connectivity index (χ2v) is 7.62. The fourth-order valence-corrected chi connectivity index (χ4v) is 3.00. The van der Waals surface area contributed by atoms with E-state index in [1.807, 2.05) is 30.3 Å². The Kier molecular flexibility index (Phi) is 5.52. The molecule has 0 radical (unpaired) electrons. The minimum absolute atomic E-state index is 0.200. The minimum atomic E-state index is -0.990. The van der Waals surface area contributed by atoms with Crippen molar-refractivity contribution < 1.29 is 19.1 Å². The molecule has 1 N–H and O–H groups in total. The number of nitrogens with one attached hydrogen (secondary N) is 1. The summed E-state index contributed by atoms with van der Waals surface area (Å²) in [5.74, 6) is -0.0363. The molecule has 0 aromatic heterocycles. The number of carbonyl (C=O) groups is 2. The number of hydrogen-bond donors (Lipinski definition) is 1. The molecule has 0 saturated heterocycles. The number of hydrogen-bond acceptors (Lipinski definition) is 4. The predicted molar refractivity (Wildman–Crippen MR) is 91.4 cm³/mol. The maximum Gasteiger partial charge on any atom is 0.408 e. The highest BCUT2D eigenvalue weighted by atomic mass is 16.6. The van der Waals surface area contributed by atoms with E-state index < -0.39 is 17.2 Å². The number of benzene rings is 1. The van der Waals surface area contributed by atoms with Gasteiger partial charge in [-0.05, 0) is 51.5 Å². The summed E-state index contributed by atoms with van der Waals surface area (Å²) in [6, 6.07) is 9.51. The van der Waals surface area contributed by atoms with Crippen molar-refractivity contribution in [2.45, 2.75) is 64.7 Å². The Hall–Kier alpha value is -2.04. The first-order valence-electron chi connectivity index (χ1n) is 8.42. The topological polar surface area (TPSA) is 64.6 Å². The van der Waals surface area contributed by atoms with Crippen LogP contribution < -0.4 is 5.32 Å². The van der Waals surface area contributed by atoms with Crippen molar-refractivity contribution in [3.63, 3.8) is 0 Å². The number of esters is 1. The molecule has 1 aromatic rings. The number of ether oxygens (including phenoxy) is 2. The maximum atomic E-state index is 12.7. The summed E-state index contributed by atoms with van der Waals surface area (Å²) in [7, 11) is 0. The van der Waals surface area contributed by atoms with E-state index in [2.05, 4.69) is 12.2 Å². The molecule has 2 atom stereocenters. The Labute approximate surface area is 143 Å². The first-order valence-corrected chi connectivity index (χ1v) is 8.42. The fourth-order valence-electron chi connectivity index (χ4n) is 3.00. The van der Waals surface area contributed by atoms with E-state index in [0.717, 1.165) is 12.0 Å². The summed E-state index contributed by atoms with van der Waals surface area (Å²) >= 11 is 0. The van der Waals surface area contributed by atoms with Gasteiger partial charge in [-0.1, -0.05) is 37.3 Å². The summed E-state index contributed by atoms with van der Waals surface area (Å²) in [5.41, 5.74) is -0.677. The highest BCUT2D eigenvalue weighted by Gasteiger charge is 2.47. The third-order valence-corrected chi connectivity index (χ3v) is 4.10. The lowest BCUT2D eigenvalue weighted by molar-refractivity contribution is -0.153. The normalized spacial score (nSPS) is 23.6. The zero-order valence-corrected chi connectivity index (χ0v) is 14.9. The molecule has 24 heavy (non-hydrogen) atoms. The van der Waals surface area contributed by atoms with Gasteiger partial charge < -0.3 is 14.8 Å². The smallest absolute Gasteiger partial charge is 0.408 e. The van der Waals surface area contributed by atoms with Crippen LogP contribution in [-0.2, 0) is 20.9 Å². The zero-order chi connectivity index (χ0) is 17.8. The van der Waals surface area contributed by atoms with Gasteiger partial charge >= 0.3 is 12.1 Å². The molecule has 0 unspecified atom stereocenters. The standard InChI is InChI=1S/C19H27NO4/c1-14-10-11-19(12-14,20-17(22)24-18(2,3)4)16(21)23-13-15-8-6-5-7-9-15/h5-9,14H,10-13H2,1-4H3,(H,20,22)/t14-,19+/m1/s1. The molecule has 0 heterocycles. The Morgan fingerprint density at radius 2 is 1.92 bits per heavy atom. The molecule has 1 aliphatic rings. The van der Waals surface area contributed by atoms with E-state index in [1.165, 1.54) is 0 Å². The van der Waals surface area contributed by atoms with Gasteiger partial charge in [-0.2, -0.15) is 0 Å². The Morgan fingerprint density at radius 3 is 2.46 bits per heavy atom. The second-order valence-electron chi connectivity index (χ2n) is 7.62. The second kappa shape index (κ2) is 7.24. The third-order valence-electron chi connectivity index (χ3n) is 4.10. The van der Waals surface area contributed by atoms with Crippen LogP contribution >= 0.6 is 0 Å². The molecule has 0 aliphatic heterocycles. The number of amides is 1. The van der Waals surface area contributed by atoms with E-state index >= 15 is 0 Å². The summed E-state index contributed by atoms with van der Waals surface area (Å²) in [5, 5.41) is 2.78. The molecule has 1 amide bonds. The molecule has 132 valence electrons. The van der Waals surface area contributed by atoms with Gasteiger partial charge in [-0.15, -0.1) is 0 Å². The molecule has 0 spiro atoms. The zero-order valence-electron chi connectivity index (χ0n) is 14.9. The Balaban J connectivity index is 2.04. The molecule has 0 bridgehead atoms. The molecule has 5 heteroatoms. The first kappa shape index (κ1) is 18.3. The SMILES string of the molecule is C[C@@H]1CC[C@@](NC(=O)OC(C)(C)C)(C(=O)OCc2ccccc2)C1. The van der Waals surface area contributed by atoms with Crippen LogP contribution in [0.3, 0.4) is 0 Å². The lowest BCUT2D eigenvalue weighted by Gasteiger charge is -2.30. The van der Waals surface area contributed by atoms with Crippen LogP contribution in [0.4, 0.5) is 4.79 Å². The molecule has 2 rings (SSSR count). The lowest BCUT2D eigenvalue weighted by Crippen LogP contribution is -2.54. The van der Waals surface area contributed by atoms with Crippen LogP contribution in [0.15, 0.2) is 30.3 Å². The van der Waals surface area contributed by atoms with Crippen molar-refractivity contribution in [2.24, 2.45) is 5.92 Å². The van der Waals surface area contributed by atoms with Gasteiger partial charge in [0.25, 0.3) is 0 Å². The maximum absolute atomic E-state index is 12.7. The van der Waals surface area contributed by atoms with Crippen LogP contribution in [0.25, 0.3) is 0 Å². The first-order chi connectivity index (χ1) is 11.2. The van der Waals surface area contributed by atoms with Crippen molar-refractivity contribution in [2.75, 3.05) is 0 Å². The van der Waals surface area contributed by atoms with Crippen molar-refractivity contribution in [1.29, 1.82) is 0 Å². The molecule has 5 nitrogen and oxygen atoms in total. The molecule has 1 aliphatic carbocycles. The quantitative estimate of drug-likeness (QED) is 0.851. The van der Waals surface area contributed by atoms with Gasteiger partial charge in [-0.25, -0.2) is 9.59 Å². The Bertz CT molecular complexity index is 579. The Morgan fingerprint density at radius 1 is 1.25 bits per heavy atom. The van der Waals surface area contributed by atoms with Crippen LogP contribution in [0.1, 0.15) is 52.5 Å².